The molecule has 120 valence electrons. The number of amides is 1. The van der Waals surface area contributed by atoms with Gasteiger partial charge in [-0.1, -0.05) is 19.0 Å². The molecule has 0 radical (unpaired) electrons. The topological polar surface area (TPSA) is 114 Å². The first-order valence-corrected chi connectivity index (χ1v) is 7.06. The Morgan fingerprint density at radius 1 is 1.57 bits per heavy atom. The molecule has 0 spiro atoms. The summed E-state index contributed by atoms with van der Waals surface area (Å²) in [5, 5.41) is 15.6. The van der Waals surface area contributed by atoms with Crippen LogP contribution in [0.3, 0.4) is 0 Å². The first kappa shape index (κ1) is 16.4. The van der Waals surface area contributed by atoms with Crippen LogP contribution in [0.1, 0.15) is 20.8 Å². The van der Waals surface area contributed by atoms with Crippen molar-refractivity contribution in [3.63, 3.8) is 0 Å². The summed E-state index contributed by atoms with van der Waals surface area (Å²) in [6.45, 7) is 5.00. The zero-order valence-corrected chi connectivity index (χ0v) is 13.1. The summed E-state index contributed by atoms with van der Waals surface area (Å²) in [5.41, 5.74) is -0.468. The van der Waals surface area contributed by atoms with E-state index in [9.17, 15) is 14.9 Å². The van der Waals surface area contributed by atoms with Crippen LogP contribution in [0.4, 0.5) is 0 Å². The lowest BCUT2D eigenvalue weighted by Gasteiger charge is -2.27. The summed E-state index contributed by atoms with van der Waals surface area (Å²) in [7, 11) is 0. The molecule has 8 nitrogen and oxygen atoms in total. The van der Waals surface area contributed by atoms with Crippen LogP contribution >= 0.6 is 0 Å². The van der Waals surface area contributed by atoms with Gasteiger partial charge >= 0.3 is 5.76 Å². The highest BCUT2D eigenvalue weighted by Gasteiger charge is 2.30. The van der Waals surface area contributed by atoms with Gasteiger partial charge in [0.25, 0.3) is 0 Å². The Kier molecular flexibility index (Phi) is 4.60. The van der Waals surface area contributed by atoms with E-state index in [1.165, 1.54) is 6.20 Å². The van der Waals surface area contributed by atoms with Gasteiger partial charge in [0.2, 0.25) is 5.91 Å². The predicted octanol–water partition coefficient (Wildman–Crippen LogP) is 0.953. The number of rotatable bonds is 5. The van der Waals surface area contributed by atoms with Gasteiger partial charge in [0.1, 0.15) is 12.1 Å². The average molecular weight is 315 g/mol. The summed E-state index contributed by atoms with van der Waals surface area (Å²) in [4.78, 5) is 28.0. The second-order valence-electron chi connectivity index (χ2n) is 5.62. The molecular weight excluding hydrogens is 298 g/mol. The van der Waals surface area contributed by atoms with Crippen LogP contribution in [-0.4, -0.2) is 26.2 Å². The molecule has 0 unspecified atom stereocenters. The van der Waals surface area contributed by atoms with Crippen LogP contribution in [0.15, 0.2) is 33.8 Å². The number of carbonyl (C=O) groups excluding carboxylic acids is 1. The lowest BCUT2D eigenvalue weighted by atomic mass is 9.90. The van der Waals surface area contributed by atoms with E-state index < -0.39 is 17.2 Å². The summed E-state index contributed by atoms with van der Waals surface area (Å²) in [6.07, 6.45) is 3.10. The third-order valence-electron chi connectivity index (χ3n) is 3.69. The molecule has 1 atom stereocenters. The molecule has 1 amide bonds. The largest absolute Gasteiger partial charge is 0.442 e. The van der Waals surface area contributed by atoms with E-state index in [2.05, 4.69) is 26.0 Å². The Morgan fingerprint density at radius 2 is 2.30 bits per heavy atom. The van der Waals surface area contributed by atoms with E-state index in [1.807, 2.05) is 13.8 Å². The van der Waals surface area contributed by atoms with Crippen LogP contribution in [0.2, 0.25) is 0 Å². The molecule has 2 heterocycles. The number of carbonyl (C=O) groups is 1. The molecule has 23 heavy (non-hydrogen) atoms. The molecule has 0 fully saturated rings. The van der Waals surface area contributed by atoms with Crippen molar-refractivity contribution in [2.75, 3.05) is 0 Å². The number of hydrogen-bond donors (Lipinski definition) is 1. The van der Waals surface area contributed by atoms with Gasteiger partial charge in [-0.3, -0.25) is 14.3 Å². The van der Waals surface area contributed by atoms with Crippen LogP contribution in [0.25, 0.3) is 11.4 Å². The number of nitrogens with zero attached hydrogens (tertiary/aromatic N) is 4. The van der Waals surface area contributed by atoms with Crippen LogP contribution in [0.5, 0.6) is 0 Å². The molecule has 0 bridgehead atoms. The number of nitrogens with one attached hydrogen (secondary N) is 1. The molecular formula is C15H17N5O3. The van der Waals surface area contributed by atoms with E-state index in [0.29, 0.717) is 5.56 Å². The molecule has 0 aliphatic heterocycles. The molecule has 2 aromatic rings. The number of hydrogen-bond acceptors (Lipinski definition) is 6. The smallest absolute Gasteiger partial charge is 0.336 e. The number of aromatic nitrogens is 3. The minimum Gasteiger partial charge on any atom is -0.336 e. The minimum absolute atomic E-state index is 0.0894. The van der Waals surface area contributed by atoms with Crippen molar-refractivity contribution >= 4 is 5.91 Å². The van der Waals surface area contributed by atoms with Gasteiger partial charge in [-0.25, -0.2) is 9.36 Å². The summed E-state index contributed by atoms with van der Waals surface area (Å²) in [5.74, 6) is -1.10. The fourth-order valence-corrected chi connectivity index (χ4v) is 1.88. The van der Waals surface area contributed by atoms with Crippen molar-refractivity contribution in [2.45, 2.75) is 32.9 Å². The lowest BCUT2D eigenvalue weighted by molar-refractivity contribution is -0.123. The van der Waals surface area contributed by atoms with Crippen molar-refractivity contribution in [1.82, 2.24) is 20.0 Å². The van der Waals surface area contributed by atoms with Gasteiger partial charge in [0, 0.05) is 18.0 Å². The molecule has 2 aromatic heterocycles. The SMILES string of the molecule is CC(C)[C@](C)(C#N)NC(=O)Cn1c(-c2cccnc2)noc1=O. The lowest BCUT2D eigenvalue weighted by Crippen LogP contribution is -2.50. The van der Waals surface area contributed by atoms with Crippen LogP contribution < -0.4 is 11.1 Å². The average Bonchev–Trinajstić information content (AvgIpc) is 2.88. The summed E-state index contributed by atoms with van der Waals surface area (Å²) in [6, 6.07) is 5.47. The second-order valence-corrected chi connectivity index (χ2v) is 5.62. The molecule has 0 saturated carbocycles. The number of nitriles is 1. The van der Waals surface area contributed by atoms with Crippen molar-refractivity contribution in [3.05, 3.63) is 35.1 Å². The summed E-state index contributed by atoms with van der Waals surface area (Å²) >= 11 is 0. The standard InChI is InChI=1S/C15H17N5O3/c1-10(2)15(3,9-16)18-12(21)8-20-13(19-23-14(20)22)11-5-4-6-17-7-11/h4-7,10H,8H2,1-3H3,(H,18,21)/t15-/m0/s1. The normalized spacial score (nSPS) is 13.3. The maximum atomic E-state index is 12.2. The Labute approximate surface area is 132 Å². The van der Waals surface area contributed by atoms with Gasteiger partial charge in [0.05, 0.1) is 6.07 Å². The maximum absolute atomic E-state index is 12.2. The highest BCUT2D eigenvalue weighted by atomic mass is 16.5. The molecule has 2 rings (SSSR count). The fraction of sp³-hybridized carbons (Fsp3) is 0.400. The maximum Gasteiger partial charge on any atom is 0.442 e. The molecule has 1 N–H and O–H groups in total. The quantitative estimate of drug-likeness (QED) is 0.878. The van der Waals surface area contributed by atoms with Gasteiger partial charge in [-0.05, 0) is 25.0 Å². The van der Waals surface area contributed by atoms with Gasteiger partial charge in [0.15, 0.2) is 5.82 Å². The third kappa shape index (κ3) is 3.45. The Morgan fingerprint density at radius 3 is 2.87 bits per heavy atom. The molecule has 8 heteroatoms. The Balaban J connectivity index is 2.25. The van der Waals surface area contributed by atoms with Crippen molar-refractivity contribution in [3.8, 4) is 17.5 Å². The van der Waals surface area contributed by atoms with Gasteiger partial charge in [-0.15, -0.1) is 0 Å². The molecule has 0 aromatic carbocycles. The van der Waals surface area contributed by atoms with Crippen LogP contribution in [-0.2, 0) is 11.3 Å². The van der Waals surface area contributed by atoms with Crippen molar-refractivity contribution in [1.29, 1.82) is 5.26 Å². The highest BCUT2D eigenvalue weighted by Crippen LogP contribution is 2.16. The first-order chi connectivity index (χ1) is 10.9. The van der Waals surface area contributed by atoms with Crippen molar-refractivity contribution < 1.29 is 9.32 Å². The predicted molar refractivity (Wildman–Crippen MR) is 81.0 cm³/mol. The Bertz CT molecular complexity index is 787. The molecule has 0 saturated heterocycles. The van der Waals surface area contributed by atoms with Crippen LogP contribution in [0, 0.1) is 17.2 Å². The van der Waals surface area contributed by atoms with E-state index >= 15 is 0 Å². The van der Waals surface area contributed by atoms with Crippen molar-refractivity contribution in [2.24, 2.45) is 5.92 Å². The zero-order chi connectivity index (χ0) is 17.0. The fourth-order valence-electron chi connectivity index (χ4n) is 1.88. The van der Waals surface area contributed by atoms with Gasteiger partial charge < -0.3 is 5.32 Å². The second kappa shape index (κ2) is 6.44. The molecule has 0 aliphatic carbocycles. The highest BCUT2D eigenvalue weighted by molar-refractivity contribution is 5.77. The van der Waals surface area contributed by atoms with E-state index in [1.54, 1.807) is 25.3 Å². The Hall–Kier alpha value is -2.95. The van der Waals surface area contributed by atoms with E-state index in [4.69, 9.17) is 0 Å². The van der Waals surface area contributed by atoms with E-state index in [-0.39, 0.29) is 18.3 Å². The monoisotopic (exact) mass is 315 g/mol. The van der Waals surface area contributed by atoms with E-state index in [0.717, 1.165) is 4.57 Å². The first-order valence-electron chi connectivity index (χ1n) is 7.06. The molecule has 0 aliphatic rings. The zero-order valence-electron chi connectivity index (χ0n) is 13.1. The number of pyridine rings is 1. The summed E-state index contributed by atoms with van der Waals surface area (Å²) < 4.78 is 5.74. The van der Waals surface area contributed by atoms with Gasteiger partial charge in [-0.2, -0.15) is 5.26 Å². The minimum atomic E-state index is -1.02. The third-order valence-corrected chi connectivity index (χ3v) is 3.69.